The number of phenols is 1. The lowest BCUT2D eigenvalue weighted by atomic mass is 9.49. The van der Waals surface area contributed by atoms with Crippen molar-refractivity contribution in [2.24, 2.45) is 23.7 Å². The summed E-state index contributed by atoms with van der Waals surface area (Å²) in [5.74, 6) is -4.32. The van der Waals surface area contributed by atoms with Crippen molar-refractivity contribution in [2.75, 3.05) is 10.3 Å². The second-order valence-electron chi connectivity index (χ2n) is 13.0. The first-order chi connectivity index (χ1) is 22.8. The van der Waals surface area contributed by atoms with E-state index in [2.05, 4.69) is 5.43 Å². The van der Waals surface area contributed by atoms with Crippen LogP contribution in [-0.2, 0) is 24.6 Å². The Morgan fingerprint density at radius 3 is 2.09 bits per heavy atom. The smallest absolute Gasteiger partial charge is 0.260 e. The minimum atomic E-state index is -1.34. The first-order valence-electron chi connectivity index (χ1n) is 16.0. The third-order valence-electron chi connectivity index (χ3n) is 10.6. The van der Waals surface area contributed by atoms with Gasteiger partial charge in [-0.05, 0) is 73.2 Å². The first-order valence-corrected chi connectivity index (χ1v) is 16.0. The highest BCUT2D eigenvalue weighted by atomic mass is 16.3. The van der Waals surface area contributed by atoms with Crippen LogP contribution in [0, 0.1) is 30.6 Å². The lowest BCUT2D eigenvalue weighted by Crippen LogP contribution is -2.53. The van der Waals surface area contributed by atoms with Crippen LogP contribution in [0.2, 0.25) is 0 Å². The number of imide groups is 2. The molecular weight excluding hydrogens is 590 g/mol. The van der Waals surface area contributed by atoms with Crippen molar-refractivity contribution in [3.05, 3.63) is 138 Å². The van der Waals surface area contributed by atoms with Crippen molar-refractivity contribution in [1.29, 1.82) is 0 Å². The van der Waals surface area contributed by atoms with Crippen LogP contribution in [-0.4, -0.2) is 33.7 Å². The SMILES string of the molecule is Cc1ccc(NN2C(=O)[C@@H]3C[C@@H]4C(=CC[C@@H]5C(=O)N(c6ccccc6)C(=O)[C@@H]54)[C@H](c4ccc(O)cc4)[C@]3(c3ccccc3)C2=O)cc1. The van der Waals surface area contributed by atoms with E-state index in [4.69, 9.17) is 0 Å². The van der Waals surface area contributed by atoms with E-state index >= 15 is 4.79 Å². The summed E-state index contributed by atoms with van der Waals surface area (Å²) in [7, 11) is 0. The van der Waals surface area contributed by atoms with E-state index in [0.717, 1.165) is 21.7 Å². The maximum atomic E-state index is 15.1. The van der Waals surface area contributed by atoms with Gasteiger partial charge in [-0.25, -0.2) is 0 Å². The second kappa shape index (κ2) is 10.8. The zero-order valence-corrected chi connectivity index (χ0v) is 25.7. The molecule has 0 aromatic heterocycles. The van der Waals surface area contributed by atoms with Crippen molar-refractivity contribution in [1.82, 2.24) is 5.01 Å². The van der Waals surface area contributed by atoms with Crippen LogP contribution in [0.1, 0.15) is 35.4 Å². The lowest BCUT2D eigenvalue weighted by molar-refractivity contribution is -0.138. The molecule has 3 fully saturated rings. The fourth-order valence-electron chi connectivity index (χ4n) is 8.62. The Bertz CT molecular complexity index is 1940. The highest BCUT2D eigenvalue weighted by Gasteiger charge is 2.70. The number of nitrogens with one attached hydrogen (secondary N) is 1. The van der Waals surface area contributed by atoms with E-state index in [1.165, 1.54) is 4.90 Å². The molecule has 4 aliphatic rings. The fraction of sp³-hybridized carbons (Fsp3) is 0.231. The predicted octanol–water partition coefficient (Wildman–Crippen LogP) is 5.89. The number of carbonyl (C=O) groups excluding carboxylic acids is 4. The summed E-state index contributed by atoms with van der Waals surface area (Å²) in [5.41, 5.74) is 6.29. The molecule has 2 aliphatic heterocycles. The van der Waals surface area contributed by atoms with E-state index in [9.17, 15) is 19.5 Å². The number of nitrogens with zero attached hydrogens (tertiary/aromatic N) is 2. The van der Waals surface area contributed by atoms with Crippen LogP contribution in [0.25, 0.3) is 0 Å². The van der Waals surface area contributed by atoms with E-state index in [1.807, 2.05) is 73.7 Å². The summed E-state index contributed by atoms with van der Waals surface area (Å²) in [6, 6.07) is 32.6. The van der Waals surface area contributed by atoms with E-state index in [1.54, 1.807) is 48.5 Å². The molecule has 2 aliphatic carbocycles. The first kappa shape index (κ1) is 28.9. The Labute approximate surface area is 272 Å². The molecule has 0 unspecified atom stereocenters. The number of para-hydroxylation sites is 1. The number of aryl methyl sites for hydroxylation is 1. The van der Waals surface area contributed by atoms with Crippen molar-refractivity contribution in [2.45, 2.75) is 31.1 Å². The fourth-order valence-corrected chi connectivity index (χ4v) is 8.62. The molecular formula is C39H33N3O5. The van der Waals surface area contributed by atoms with Gasteiger partial charge < -0.3 is 5.11 Å². The number of allylic oxidation sites excluding steroid dienone is 2. The summed E-state index contributed by atoms with van der Waals surface area (Å²) in [5, 5.41) is 11.4. The average Bonchev–Trinajstić information content (AvgIpc) is 3.48. The molecule has 8 nitrogen and oxygen atoms in total. The Balaban J connectivity index is 1.31. The zero-order chi connectivity index (χ0) is 32.4. The number of amides is 4. The van der Waals surface area contributed by atoms with Crippen LogP contribution in [0.15, 0.2) is 121 Å². The van der Waals surface area contributed by atoms with Gasteiger partial charge in [0.25, 0.3) is 11.8 Å². The Morgan fingerprint density at radius 2 is 1.40 bits per heavy atom. The van der Waals surface area contributed by atoms with Crippen LogP contribution in [0.4, 0.5) is 11.4 Å². The lowest BCUT2D eigenvalue weighted by Gasteiger charge is -2.50. The summed E-state index contributed by atoms with van der Waals surface area (Å²) >= 11 is 0. The van der Waals surface area contributed by atoms with Crippen LogP contribution >= 0.6 is 0 Å². The van der Waals surface area contributed by atoms with Crippen molar-refractivity contribution in [3.63, 3.8) is 0 Å². The number of hydrogen-bond acceptors (Lipinski definition) is 6. The van der Waals surface area contributed by atoms with Gasteiger partial charge in [0, 0.05) is 5.92 Å². The molecule has 2 saturated heterocycles. The van der Waals surface area contributed by atoms with Crippen molar-refractivity contribution < 1.29 is 24.3 Å². The molecule has 0 radical (unpaired) electrons. The van der Waals surface area contributed by atoms with Crippen LogP contribution in [0.5, 0.6) is 5.75 Å². The second-order valence-corrected chi connectivity index (χ2v) is 13.0. The number of rotatable bonds is 5. The van der Waals surface area contributed by atoms with Gasteiger partial charge in [-0.1, -0.05) is 90.0 Å². The molecule has 2 N–H and O–H groups in total. The molecule has 4 aromatic carbocycles. The summed E-state index contributed by atoms with van der Waals surface area (Å²) < 4.78 is 0. The molecule has 8 rings (SSSR count). The minimum Gasteiger partial charge on any atom is -0.508 e. The topological polar surface area (TPSA) is 107 Å². The number of hydrogen-bond donors (Lipinski definition) is 2. The van der Waals surface area contributed by atoms with E-state index < -0.39 is 35.0 Å². The third kappa shape index (κ3) is 4.20. The normalized spacial score (nSPS) is 28.1. The number of benzene rings is 4. The highest BCUT2D eigenvalue weighted by Crippen LogP contribution is 2.64. The third-order valence-corrected chi connectivity index (χ3v) is 10.6. The van der Waals surface area contributed by atoms with E-state index in [-0.39, 0.29) is 35.8 Å². The standard InChI is InChI=1S/C39H33N3O5/c1-23-12-16-26(17-13-23)40-42-36(45)32-22-31-29(20-21-30-33(31)37(46)41(35(30)44)27-10-6-3-7-11-27)34(24-14-18-28(43)19-15-24)39(32,38(42)47)25-8-4-2-5-9-25/h2-20,30-34,40,43H,21-22H2,1H3/t30-,31+,32-,33-,34-,39+/m0/s1. The van der Waals surface area contributed by atoms with Crippen molar-refractivity contribution in [3.8, 4) is 5.75 Å². The number of carbonyl (C=O) groups is 4. The zero-order valence-electron chi connectivity index (χ0n) is 25.7. The molecule has 47 heavy (non-hydrogen) atoms. The van der Waals surface area contributed by atoms with Crippen molar-refractivity contribution >= 4 is 35.0 Å². The van der Waals surface area contributed by atoms with Gasteiger partial charge in [0.1, 0.15) is 5.75 Å². The molecule has 234 valence electrons. The minimum absolute atomic E-state index is 0.0793. The summed E-state index contributed by atoms with van der Waals surface area (Å²) in [4.78, 5) is 59.2. The molecule has 8 heteroatoms. The maximum absolute atomic E-state index is 15.1. The van der Waals surface area contributed by atoms with Gasteiger partial charge in [-0.3, -0.25) is 29.5 Å². The molecule has 0 bridgehead atoms. The molecule has 0 spiro atoms. The largest absolute Gasteiger partial charge is 0.508 e. The predicted molar refractivity (Wildman–Crippen MR) is 176 cm³/mol. The van der Waals surface area contributed by atoms with Gasteiger partial charge in [-0.2, -0.15) is 5.01 Å². The molecule has 6 atom stereocenters. The Kier molecular flexibility index (Phi) is 6.65. The molecule has 4 aromatic rings. The Morgan fingerprint density at radius 1 is 0.745 bits per heavy atom. The van der Waals surface area contributed by atoms with Gasteiger partial charge in [0.15, 0.2) is 0 Å². The highest BCUT2D eigenvalue weighted by molar-refractivity contribution is 6.22. The number of phenolic OH excluding ortho intramolecular Hbond substituents is 1. The monoisotopic (exact) mass is 623 g/mol. The molecule has 2 heterocycles. The summed E-state index contributed by atoms with van der Waals surface area (Å²) in [6.45, 7) is 1.97. The van der Waals surface area contributed by atoms with Gasteiger partial charge >= 0.3 is 0 Å². The number of hydrazine groups is 1. The van der Waals surface area contributed by atoms with E-state index in [0.29, 0.717) is 23.4 Å². The number of aromatic hydroxyl groups is 1. The van der Waals surface area contributed by atoms with Gasteiger partial charge in [0.2, 0.25) is 11.8 Å². The molecule has 1 saturated carbocycles. The summed E-state index contributed by atoms with van der Waals surface area (Å²) in [6.07, 6.45) is 2.62. The number of fused-ring (bicyclic) bond motifs is 4. The van der Waals surface area contributed by atoms with Gasteiger partial charge in [0.05, 0.1) is 34.5 Å². The van der Waals surface area contributed by atoms with Crippen LogP contribution in [0.3, 0.4) is 0 Å². The molecule has 4 amide bonds. The van der Waals surface area contributed by atoms with Crippen LogP contribution < -0.4 is 10.3 Å². The average molecular weight is 624 g/mol. The van der Waals surface area contributed by atoms with Gasteiger partial charge in [-0.15, -0.1) is 0 Å². The quantitative estimate of drug-likeness (QED) is 0.212. The number of anilines is 2. The maximum Gasteiger partial charge on any atom is 0.260 e. The Hall–Kier alpha value is -5.50.